The van der Waals surface area contributed by atoms with E-state index in [0.29, 0.717) is 15.7 Å². The Morgan fingerprint density at radius 1 is 1.25 bits per heavy atom. The lowest BCUT2D eigenvalue weighted by Crippen LogP contribution is -2.50. The lowest BCUT2D eigenvalue weighted by atomic mass is 10.0. The first kappa shape index (κ1) is 17.1. The molecule has 2 atom stereocenters. The summed E-state index contributed by atoms with van der Waals surface area (Å²) in [5.74, 6) is -0.883. The van der Waals surface area contributed by atoms with Crippen LogP contribution >= 0.6 is 23.2 Å². The maximum Gasteiger partial charge on any atom is 0.326 e. The molecule has 0 aliphatic rings. The van der Waals surface area contributed by atoms with Gasteiger partial charge in [0.2, 0.25) is 0 Å². The van der Waals surface area contributed by atoms with Crippen LogP contribution in [0, 0.1) is 5.92 Å². The summed E-state index contributed by atoms with van der Waals surface area (Å²) in [5.41, 5.74) is 0.627. The number of aliphatic hydroxyl groups is 1. The third-order valence-electron chi connectivity index (χ3n) is 3.29. The molecule has 0 amide bonds. The maximum absolute atomic E-state index is 11.3. The van der Waals surface area contributed by atoms with Gasteiger partial charge in [-0.15, -0.1) is 0 Å². The Kier molecular flexibility index (Phi) is 6.11. The van der Waals surface area contributed by atoms with Gasteiger partial charge >= 0.3 is 5.97 Å². The normalized spacial score (nSPS) is 14.2. The molecule has 1 aromatic rings. The minimum atomic E-state index is -0.963. The van der Waals surface area contributed by atoms with Crippen LogP contribution in [0.5, 0.6) is 0 Å². The van der Waals surface area contributed by atoms with Gasteiger partial charge in [0.1, 0.15) is 6.04 Å². The number of hydrogen-bond donors (Lipinski definition) is 2. The van der Waals surface area contributed by atoms with E-state index in [1.54, 1.807) is 30.0 Å². The molecule has 1 rings (SSSR count). The van der Waals surface area contributed by atoms with Crippen molar-refractivity contribution in [3.63, 3.8) is 0 Å². The molecule has 0 saturated carbocycles. The Morgan fingerprint density at radius 3 is 2.25 bits per heavy atom. The average Bonchev–Trinajstić information content (AvgIpc) is 2.37. The monoisotopic (exact) mass is 319 g/mol. The number of rotatable bonds is 6. The molecule has 0 saturated heterocycles. The summed E-state index contributed by atoms with van der Waals surface area (Å²) < 4.78 is 0. The maximum atomic E-state index is 11.3. The third kappa shape index (κ3) is 3.78. The Hall–Kier alpha value is -0.970. The number of aliphatic hydroxyl groups excluding tert-OH is 1. The highest BCUT2D eigenvalue weighted by molar-refractivity contribution is 6.42. The van der Waals surface area contributed by atoms with Crippen LogP contribution in [0.2, 0.25) is 10.0 Å². The second-order valence-electron chi connectivity index (χ2n) is 5.01. The first-order chi connectivity index (χ1) is 9.29. The fourth-order valence-corrected chi connectivity index (χ4v) is 2.38. The molecular weight excluding hydrogens is 301 g/mol. The summed E-state index contributed by atoms with van der Waals surface area (Å²) in [4.78, 5) is 13.0. The highest BCUT2D eigenvalue weighted by Crippen LogP contribution is 2.30. The van der Waals surface area contributed by atoms with E-state index in [9.17, 15) is 15.0 Å². The minimum Gasteiger partial charge on any atom is -0.480 e. The molecule has 2 N–H and O–H groups in total. The van der Waals surface area contributed by atoms with Crippen molar-refractivity contribution in [1.29, 1.82) is 0 Å². The van der Waals surface area contributed by atoms with E-state index < -0.39 is 12.0 Å². The lowest BCUT2D eigenvalue weighted by Gasteiger charge is -2.38. The summed E-state index contributed by atoms with van der Waals surface area (Å²) in [7, 11) is 0. The van der Waals surface area contributed by atoms with Crippen LogP contribution in [-0.2, 0) is 4.79 Å². The fraction of sp³-hybridized carbons (Fsp3) is 0.500. The zero-order chi connectivity index (χ0) is 15.4. The van der Waals surface area contributed by atoms with Gasteiger partial charge in [-0.2, -0.15) is 0 Å². The molecule has 0 spiro atoms. The van der Waals surface area contributed by atoms with Gasteiger partial charge in [0.15, 0.2) is 0 Å². The largest absolute Gasteiger partial charge is 0.480 e. The van der Waals surface area contributed by atoms with Gasteiger partial charge in [-0.3, -0.25) is 0 Å². The van der Waals surface area contributed by atoms with Crippen molar-refractivity contribution >= 4 is 34.9 Å². The van der Waals surface area contributed by atoms with Crippen LogP contribution < -0.4 is 4.90 Å². The number of carboxylic acids is 1. The van der Waals surface area contributed by atoms with E-state index >= 15 is 0 Å². The fourth-order valence-electron chi connectivity index (χ4n) is 2.09. The van der Waals surface area contributed by atoms with Gasteiger partial charge in [0.25, 0.3) is 0 Å². The zero-order valence-electron chi connectivity index (χ0n) is 11.7. The molecule has 1 aromatic carbocycles. The second kappa shape index (κ2) is 7.16. The topological polar surface area (TPSA) is 60.8 Å². The number of hydrogen-bond acceptors (Lipinski definition) is 3. The Labute approximate surface area is 128 Å². The molecule has 0 aromatic heterocycles. The van der Waals surface area contributed by atoms with Gasteiger partial charge < -0.3 is 15.1 Å². The molecular formula is C14H19Cl2NO3. The van der Waals surface area contributed by atoms with Crippen molar-refractivity contribution in [1.82, 2.24) is 0 Å². The van der Waals surface area contributed by atoms with Crippen molar-refractivity contribution in [3.05, 3.63) is 28.2 Å². The molecule has 20 heavy (non-hydrogen) atoms. The molecule has 0 aliphatic heterocycles. The molecule has 0 heterocycles. The predicted molar refractivity (Wildman–Crippen MR) is 81.8 cm³/mol. The summed E-state index contributed by atoms with van der Waals surface area (Å²) in [6.07, 6.45) is 0. The van der Waals surface area contributed by atoms with E-state index in [-0.39, 0.29) is 18.6 Å². The SMILES string of the molecule is CC(C)C(CO)N(c1ccc(Cl)c(Cl)c1)[C@@H](C)C(=O)O. The number of nitrogens with zero attached hydrogens (tertiary/aromatic N) is 1. The Balaban J connectivity index is 3.28. The van der Waals surface area contributed by atoms with Gasteiger partial charge in [0, 0.05) is 5.69 Å². The van der Waals surface area contributed by atoms with Crippen molar-refractivity contribution in [3.8, 4) is 0 Å². The highest BCUT2D eigenvalue weighted by atomic mass is 35.5. The van der Waals surface area contributed by atoms with Crippen LogP contribution in [0.15, 0.2) is 18.2 Å². The van der Waals surface area contributed by atoms with Gasteiger partial charge in [0.05, 0.1) is 22.7 Å². The number of aliphatic carboxylic acids is 1. The predicted octanol–water partition coefficient (Wildman–Crippen LogP) is 3.29. The molecule has 6 heteroatoms. The summed E-state index contributed by atoms with van der Waals surface area (Å²) in [5, 5.41) is 19.6. The van der Waals surface area contributed by atoms with E-state index in [2.05, 4.69) is 0 Å². The molecule has 0 bridgehead atoms. The Morgan fingerprint density at radius 2 is 1.85 bits per heavy atom. The summed E-state index contributed by atoms with van der Waals surface area (Å²) in [6, 6.07) is 3.84. The van der Waals surface area contributed by atoms with Gasteiger partial charge in [-0.05, 0) is 31.0 Å². The van der Waals surface area contributed by atoms with E-state index in [1.165, 1.54) is 0 Å². The highest BCUT2D eigenvalue weighted by Gasteiger charge is 2.30. The number of benzene rings is 1. The summed E-state index contributed by atoms with van der Waals surface area (Å²) >= 11 is 11.9. The molecule has 0 fully saturated rings. The molecule has 0 radical (unpaired) electrons. The van der Waals surface area contributed by atoms with Crippen molar-refractivity contribution in [2.45, 2.75) is 32.9 Å². The Bertz CT molecular complexity index is 479. The molecule has 1 unspecified atom stereocenters. The van der Waals surface area contributed by atoms with Crippen LogP contribution in [0.1, 0.15) is 20.8 Å². The van der Waals surface area contributed by atoms with Gasteiger partial charge in [-0.25, -0.2) is 4.79 Å². The van der Waals surface area contributed by atoms with Gasteiger partial charge in [-0.1, -0.05) is 37.0 Å². The number of carbonyl (C=O) groups is 1. The van der Waals surface area contributed by atoms with Crippen LogP contribution in [0.25, 0.3) is 0 Å². The smallest absolute Gasteiger partial charge is 0.326 e. The standard InChI is InChI=1S/C14H19Cl2NO3/c1-8(2)13(7-18)17(9(3)14(19)20)10-4-5-11(15)12(16)6-10/h4-6,8-9,13,18H,7H2,1-3H3,(H,19,20)/t9-,13?/m0/s1. The molecule has 0 aliphatic carbocycles. The zero-order valence-corrected chi connectivity index (χ0v) is 13.2. The van der Waals surface area contributed by atoms with Crippen molar-refractivity contribution < 1.29 is 15.0 Å². The lowest BCUT2D eigenvalue weighted by molar-refractivity contribution is -0.138. The first-order valence-electron chi connectivity index (χ1n) is 6.36. The van der Waals surface area contributed by atoms with Crippen LogP contribution in [-0.4, -0.2) is 34.9 Å². The third-order valence-corrected chi connectivity index (χ3v) is 4.03. The number of anilines is 1. The van der Waals surface area contributed by atoms with E-state index in [1.807, 2.05) is 13.8 Å². The number of carboxylic acid groups (broad SMARTS) is 1. The van der Waals surface area contributed by atoms with E-state index in [4.69, 9.17) is 23.2 Å². The second-order valence-corrected chi connectivity index (χ2v) is 5.83. The average molecular weight is 320 g/mol. The number of halogens is 2. The molecule has 112 valence electrons. The van der Waals surface area contributed by atoms with Crippen molar-refractivity contribution in [2.24, 2.45) is 5.92 Å². The quantitative estimate of drug-likeness (QED) is 0.844. The van der Waals surface area contributed by atoms with Crippen LogP contribution in [0.4, 0.5) is 5.69 Å². The minimum absolute atomic E-state index is 0.0799. The molecule has 4 nitrogen and oxygen atoms in total. The van der Waals surface area contributed by atoms with E-state index in [0.717, 1.165) is 0 Å². The van der Waals surface area contributed by atoms with Crippen molar-refractivity contribution in [2.75, 3.05) is 11.5 Å². The summed E-state index contributed by atoms with van der Waals surface area (Å²) in [6.45, 7) is 5.30. The first-order valence-corrected chi connectivity index (χ1v) is 7.12. The van der Waals surface area contributed by atoms with Crippen LogP contribution in [0.3, 0.4) is 0 Å².